The van der Waals surface area contributed by atoms with Gasteiger partial charge in [-0.2, -0.15) is 0 Å². The van der Waals surface area contributed by atoms with E-state index in [4.69, 9.17) is 0 Å². The van der Waals surface area contributed by atoms with Crippen LogP contribution in [0.3, 0.4) is 0 Å². The van der Waals surface area contributed by atoms with E-state index in [0.29, 0.717) is 5.69 Å². The molecule has 0 aliphatic rings. The Morgan fingerprint density at radius 3 is 2.28 bits per heavy atom. The Morgan fingerprint density at radius 2 is 1.62 bits per heavy atom. The fraction of sp³-hybridized carbons (Fsp3) is 0.0455. The summed E-state index contributed by atoms with van der Waals surface area (Å²) in [6.45, 7) is 3.36. The first-order chi connectivity index (χ1) is 13.9. The molecule has 0 bridgehead atoms. The number of carbonyl (C=O) groups is 1. The van der Waals surface area contributed by atoms with Crippen LogP contribution >= 0.6 is 0 Å². The molecule has 0 fully saturated rings. The van der Waals surface area contributed by atoms with Crippen molar-refractivity contribution in [2.75, 3.05) is 11.9 Å². The highest BCUT2D eigenvalue weighted by Crippen LogP contribution is 2.22. The summed E-state index contributed by atoms with van der Waals surface area (Å²) in [7, 11) is -4.09. The molecule has 0 heterocycles. The first kappa shape index (κ1) is 20.4. The van der Waals surface area contributed by atoms with Gasteiger partial charge in [-0.1, -0.05) is 48.5 Å². The Kier molecular flexibility index (Phi) is 6.21. The van der Waals surface area contributed by atoms with Crippen LogP contribution in [-0.4, -0.2) is 20.9 Å². The first-order valence-electron chi connectivity index (χ1n) is 8.77. The number of amides is 1. The second-order valence-corrected chi connectivity index (χ2v) is 7.92. The number of hydrogen-bond donors (Lipinski definition) is 2. The average molecular weight is 410 g/mol. The summed E-state index contributed by atoms with van der Waals surface area (Å²) in [6, 6.07) is 20.2. The SMILES string of the molecule is C=CCNS(=O)(=O)c1cc(C(=O)Nc2ccc(-c3ccccc3)cc2)ccc1F. The monoisotopic (exact) mass is 410 g/mol. The molecular weight excluding hydrogens is 391 g/mol. The molecule has 0 spiro atoms. The number of benzene rings is 3. The standard InChI is InChI=1S/C22H19FN2O3S/c1-2-14-24-29(27,28)21-15-18(10-13-20(21)23)22(26)25-19-11-8-17(9-12-19)16-6-4-3-5-7-16/h2-13,15,24H,1,14H2,(H,25,26). The lowest BCUT2D eigenvalue weighted by Crippen LogP contribution is -2.25. The van der Waals surface area contributed by atoms with Gasteiger partial charge in [-0.25, -0.2) is 17.5 Å². The predicted molar refractivity (Wildman–Crippen MR) is 112 cm³/mol. The van der Waals surface area contributed by atoms with Gasteiger partial charge >= 0.3 is 0 Å². The van der Waals surface area contributed by atoms with Gasteiger partial charge in [-0.15, -0.1) is 6.58 Å². The normalized spacial score (nSPS) is 11.1. The van der Waals surface area contributed by atoms with Crippen molar-refractivity contribution in [3.63, 3.8) is 0 Å². The maximum Gasteiger partial charge on any atom is 0.255 e. The molecule has 0 saturated carbocycles. The third-order valence-electron chi connectivity index (χ3n) is 4.15. The minimum atomic E-state index is -4.09. The second-order valence-electron chi connectivity index (χ2n) is 6.18. The third-order valence-corrected chi connectivity index (χ3v) is 5.59. The second kappa shape index (κ2) is 8.81. The van der Waals surface area contributed by atoms with Crippen LogP contribution in [0.15, 0.2) is 90.3 Å². The molecule has 0 radical (unpaired) electrons. The summed E-state index contributed by atoms with van der Waals surface area (Å²) in [5, 5.41) is 2.69. The van der Waals surface area contributed by atoms with Crippen molar-refractivity contribution in [2.45, 2.75) is 4.90 Å². The largest absolute Gasteiger partial charge is 0.322 e. The quantitative estimate of drug-likeness (QED) is 0.573. The molecule has 148 valence electrons. The predicted octanol–water partition coefficient (Wildman–Crippen LogP) is 4.21. The van der Waals surface area contributed by atoms with E-state index in [1.54, 1.807) is 12.1 Å². The minimum absolute atomic E-state index is 0.0255. The summed E-state index contributed by atoms with van der Waals surface area (Å²) >= 11 is 0. The molecule has 29 heavy (non-hydrogen) atoms. The summed E-state index contributed by atoms with van der Waals surface area (Å²) in [5.74, 6) is -1.48. The van der Waals surface area contributed by atoms with Crippen molar-refractivity contribution < 1.29 is 17.6 Å². The summed E-state index contributed by atoms with van der Waals surface area (Å²) in [5.41, 5.74) is 2.60. The van der Waals surface area contributed by atoms with Crippen LogP contribution in [0.5, 0.6) is 0 Å². The van der Waals surface area contributed by atoms with E-state index in [2.05, 4.69) is 16.6 Å². The van der Waals surface area contributed by atoms with Gasteiger partial charge < -0.3 is 5.32 Å². The zero-order valence-corrected chi connectivity index (χ0v) is 16.2. The van der Waals surface area contributed by atoms with Crippen LogP contribution in [0.1, 0.15) is 10.4 Å². The van der Waals surface area contributed by atoms with Gasteiger partial charge in [0.05, 0.1) is 0 Å². The van der Waals surface area contributed by atoms with E-state index >= 15 is 0 Å². The van der Waals surface area contributed by atoms with E-state index in [0.717, 1.165) is 23.3 Å². The van der Waals surface area contributed by atoms with E-state index in [9.17, 15) is 17.6 Å². The molecule has 0 aliphatic carbocycles. The minimum Gasteiger partial charge on any atom is -0.322 e. The topological polar surface area (TPSA) is 75.3 Å². The molecule has 1 amide bonds. The highest BCUT2D eigenvalue weighted by atomic mass is 32.2. The van der Waals surface area contributed by atoms with Gasteiger partial charge in [0.15, 0.2) is 0 Å². The number of anilines is 1. The van der Waals surface area contributed by atoms with Crippen LogP contribution in [0.4, 0.5) is 10.1 Å². The molecule has 7 heteroatoms. The third kappa shape index (κ3) is 4.96. The molecule has 0 atom stereocenters. The lowest BCUT2D eigenvalue weighted by atomic mass is 10.1. The molecule has 2 N–H and O–H groups in total. The van der Waals surface area contributed by atoms with Gasteiger partial charge in [0.25, 0.3) is 5.91 Å². The molecular formula is C22H19FN2O3S. The Labute approximate surface area is 169 Å². The Hall–Kier alpha value is -3.29. The van der Waals surface area contributed by atoms with Gasteiger partial charge in [-0.05, 0) is 41.5 Å². The average Bonchev–Trinajstić information content (AvgIpc) is 2.73. The van der Waals surface area contributed by atoms with Crippen molar-refractivity contribution in [1.29, 1.82) is 0 Å². The van der Waals surface area contributed by atoms with Gasteiger partial charge in [-0.3, -0.25) is 4.79 Å². The number of halogens is 1. The van der Waals surface area contributed by atoms with Gasteiger partial charge in [0.1, 0.15) is 10.7 Å². The number of hydrogen-bond acceptors (Lipinski definition) is 3. The molecule has 5 nitrogen and oxygen atoms in total. The molecule has 3 aromatic rings. The summed E-state index contributed by atoms with van der Waals surface area (Å²) in [4.78, 5) is 11.9. The van der Waals surface area contributed by atoms with Crippen molar-refractivity contribution in [3.05, 3.63) is 96.8 Å². The Bertz CT molecular complexity index is 1130. The number of nitrogens with one attached hydrogen (secondary N) is 2. The number of sulfonamides is 1. The van der Waals surface area contributed by atoms with Crippen LogP contribution < -0.4 is 10.0 Å². The van der Waals surface area contributed by atoms with E-state index in [1.165, 1.54) is 12.1 Å². The van der Waals surface area contributed by atoms with Crippen molar-refractivity contribution in [2.24, 2.45) is 0 Å². The maximum absolute atomic E-state index is 14.0. The van der Waals surface area contributed by atoms with E-state index in [-0.39, 0.29) is 12.1 Å². The molecule has 0 aliphatic heterocycles. The van der Waals surface area contributed by atoms with Crippen LogP contribution in [0.25, 0.3) is 11.1 Å². The highest BCUT2D eigenvalue weighted by Gasteiger charge is 2.20. The van der Waals surface area contributed by atoms with Crippen molar-refractivity contribution in [1.82, 2.24) is 4.72 Å². The molecule has 3 aromatic carbocycles. The molecule has 0 unspecified atom stereocenters. The lowest BCUT2D eigenvalue weighted by molar-refractivity contribution is 0.102. The van der Waals surface area contributed by atoms with Crippen LogP contribution in [0, 0.1) is 5.82 Å². The lowest BCUT2D eigenvalue weighted by Gasteiger charge is -2.10. The van der Waals surface area contributed by atoms with E-state index in [1.807, 2.05) is 42.5 Å². The zero-order chi connectivity index (χ0) is 20.9. The van der Waals surface area contributed by atoms with E-state index < -0.39 is 26.6 Å². The summed E-state index contributed by atoms with van der Waals surface area (Å²) in [6.07, 6.45) is 1.34. The summed E-state index contributed by atoms with van der Waals surface area (Å²) < 4.78 is 40.6. The zero-order valence-electron chi connectivity index (χ0n) is 15.4. The molecule has 0 saturated heterocycles. The van der Waals surface area contributed by atoms with Gasteiger partial charge in [0.2, 0.25) is 10.0 Å². The van der Waals surface area contributed by atoms with Crippen molar-refractivity contribution in [3.8, 4) is 11.1 Å². The first-order valence-corrected chi connectivity index (χ1v) is 10.3. The van der Waals surface area contributed by atoms with Crippen molar-refractivity contribution >= 4 is 21.6 Å². The number of rotatable bonds is 7. The maximum atomic E-state index is 14.0. The fourth-order valence-electron chi connectivity index (χ4n) is 2.68. The Morgan fingerprint density at radius 1 is 0.966 bits per heavy atom. The number of carbonyl (C=O) groups excluding carboxylic acids is 1. The van der Waals surface area contributed by atoms with Gasteiger partial charge in [0, 0.05) is 17.8 Å². The molecule has 0 aromatic heterocycles. The Balaban J connectivity index is 1.79. The van der Waals surface area contributed by atoms with Crippen LogP contribution in [-0.2, 0) is 10.0 Å². The van der Waals surface area contributed by atoms with Crippen LogP contribution in [0.2, 0.25) is 0 Å². The fourth-order valence-corrected chi connectivity index (χ4v) is 3.78. The smallest absolute Gasteiger partial charge is 0.255 e. The highest BCUT2D eigenvalue weighted by molar-refractivity contribution is 7.89. The molecule has 3 rings (SSSR count).